The van der Waals surface area contributed by atoms with Gasteiger partial charge in [-0.15, -0.1) is 0 Å². The van der Waals surface area contributed by atoms with Crippen molar-refractivity contribution in [3.8, 4) is 0 Å². The molecule has 2 fully saturated rings. The van der Waals surface area contributed by atoms with Crippen LogP contribution in [0, 0.1) is 18.7 Å². The van der Waals surface area contributed by atoms with Crippen LogP contribution in [0.25, 0.3) is 0 Å². The smallest absolute Gasteiger partial charge is 0.251 e. The summed E-state index contributed by atoms with van der Waals surface area (Å²) in [7, 11) is 0. The summed E-state index contributed by atoms with van der Waals surface area (Å²) in [5.41, 5.74) is 6.86. The van der Waals surface area contributed by atoms with Crippen LogP contribution in [-0.2, 0) is 4.74 Å². The SMILES string of the molecule is Cc1ccc(C(=O)NC2C(N)C3CCOC32)cc1F. The van der Waals surface area contributed by atoms with E-state index in [1.54, 1.807) is 19.1 Å². The van der Waals surface area contributed by atoms with Gasteiger partial charge in [0.25, 0.3) is 5.91 Å². The first kappa shape index (κ1) is 12.6. The summed E-state index contributed by atoms with van der Waals surface area (Å²) in [4.78, 5) is 12.1. The Kier molecular flexibility index (Phi) is 3.03. The standard InChI is InChI=1S/C14H17FN2O2/c1-7-2-3-8(6-10(7)15)14(18)17-12-11(16)9-4-5-19-13(9)12/h2-3,6,9,11-13H,4-5,16H2,1H3,(H,17,18). The quantitative estimate of drug-likeness (QED) is 0.837. The third kappa shape index (κ3) is 2.03. The number of ether oxygens (including phenoxy) is 1. The molecule has 4 unspecified atom stereocenters. The zero-order chi connectivity index (χ0) is 13.6. The minimum Gasteiger partial charge on any atom is -0.376 e. The number of hydrogen-bond donors (Lipinski definition) is 2. The third-order valence-electron chi connectivity index (χ3n) is 4.18. The number of nitrogens with one attached hydrogen (secondary N) is 1. The van der Waals surface area contributed by atoms with Crippen molar-refractivity contribution in [2.75, 3.05) is 6.61 Å². The van der Waals surface area contributed by atoms with Crippen molar-refractivity contribution in [3.05, 3.63) is 35.1 Å². The second kappa shape index (κ2) is 4.58. The zero-order valence-corrected chi connectivity index (χ0v) is 10.7. The molecule has 1 saturated heterocycles. The molecule has 1 amide bonds. The Morgan fingerprint density at radius 3 is 3.05 bits per heavy atom. The number of nitrogens with two attached hydrogens (primary N) is 1. The molecular weight excluding hydrogens is 247 g/mol. The summed E-state index contributed by atoms with van der Waals surface area (Å²) in [6.07, 6.45) is 0.978. The first-order chi connectivity index (χ1) is 9.08. The van der Waals surface area contributed by atoms with Gasteiger partial charge in [-0.3, -0.25) is 4.79 Å². The average Bonchev–Trinajstić information content (AvgIpc) is 2.83. The predicted molar refractivity (Wildman–Crippen MR) is 68.2 cm³/mol. The van der Waals surface area contributed by atoms with Gasteiger partial charge in [0.2, 0.25) is 0 Å². The van der Waals surface area contributed by atoms with E-state index in [-0.39, 0.29) is 29.9 Å². The Morgan fingerprint density at radius 2 is 2.32 bits per heavy atom. The van der Waals surface area contributed by atoms with Gasteiger partial charge in [0.15, 0.2) is 0 Å². The fraction of sp³-hybridized carbons (Fsp3) is 0.500. The fourth-order valence-corrected chi connectivity index (χ4v) is 2.90. The summed E-state index contributed by atoms with van der Waals surface area (Å²) in [5.74, 6) is -0.325. The minimum absolute atomic E-state index is 0.0224. The Bertz CT molecular complexity index is 520. The monoisotopic (exact) mass is 264 g/mol. The van der Waals surface area contributed by atoms with E-state index in [9.17, 15) is 9.18 Å². The molecule has 0 radical (unpaired) electrons. The Balaban J connectivity index is 1.70. The van der Waals surface area contributed by atoms with Crippen LogP contribution in [0.1, 0.15) is 22.3 Å². The number of rotatable bonds is 2. The van der Waals surface area contributed by atoms with Crippen molar-refractivity contribution in [1.82, 2.24) is 5.32 Å². The second-order valence-corrected chi connectivity index (χ2v) is 5.33. The first-order valence-electron chi connectivity index (χ1n) is 6.52. The first-order valence-corrected chi connectivity index (χ1v) is 6.52. The van der Waals surface area contributed by atoms with Crippen LogP contribution in [0.4, 0.5) is 4.39 Å². The van der Waals surface area contributed by atoms with Crippen molar-refractivity contribution in [2.24, 2.45) is 11.7 Å². The molecule has 19 heavy (non-hydrogen) atoms. The van der Waals surface area contributed by atoms with Crippen LogP contribution in [-0.4, -0.2) is 30.7 Å². The molecule has 2 aliphatic rings. The maximum Gasteiger partial charge on any atom is 0.251 e. The number of amides is 1. The number of hydrogen-bond acceptors (Lipinski definition) is 3. The molecule has 3 N–H and O–H groups in total. The van der Waals surface area contributed by atoms with E-state index in [0.29, 0.717) is 23.7 Å². The number of carbonyl (C=O) groups is 1. The third-order valence-corrected chi connectivity index (χ3v) is 4.18. The number of carbonyl (C=O) groups excluding carboxylic acids is 1. The predicted octanol–water partition coefficient (Wildman–Crippen LogP) is 0.979. The molecular formula is C14H17FN2O2. The highest BCUT2D eigenvalue weighted by Gasteiger charge is 2.52. The number of halogens is 1. The summed E-state index contributed by atoms with van der Waals surface area (Å²) >= 11 is 0. The van der Waals surface area contributed by atoms with Gasteiger partial charge in [0.05, 0.1) is 12.1 Å². The molecule has 4 nitrogen and oxygen atoms in total. The lowest BCUT2D eigenvalue weighted by atomic mass is 9.72. The van der Waals surface area contributed by atoms with Crippen LogP contribution in [0.5, 0.6) is 0 Å². The molecule has 0 bridgehead atoms. The van der Waals surface area contributed by atoms with Crippen LogP contribution in [0.3, 0.4) is 0 Å². The minimum atomic E-state index is -0.374. The summed E-state index contributed by atoms with van der Waals surface area (Å²) in [6.45, 7) is 2.37. The van der Waals surface area contributed by atoms with Gasteiger partial charge >= 0.3 is 0 Å². The van der Waals surface area contributed by atoms with Crippen LogP contribution < -0.4 is 11.1 Å². The molecule has 1 heterocycles. The van der Waals surface area contributed by atoms with Gasteiger partial charge in [0.1, 0.15) is 5.82 Å². The Morgan fingerprint density at radius 1 is 1.53 bits per heavy atom. The summed E-state index contributed by atoms with van der Waals surface area (Å²) in [5, 5.41) is 2.84. The molecule has 0 spiro atoms. The van der Waals surface area contributed by atoms with E-state index in [1.165, 1.54) is 6.07 Å². The highest BCUT2D eigenvalue weighted by Crippen LogP contribution is 2.37. The number of fused-ring (bicyclic) bond motifs is 1. The Labute approximate surface area is 111 Å². The molecule has 1 aliphatic heterocycles. The number of aryl methyl sites for hydroxylation is 1. The molecule has 5 heteroatoms. The molecule has 0 aromatic heterocycles. The van der Waals surface area contributed by atoms with E-state index in [2.05, 4.69) is 5.32 Å². The summed E-state index contributed by atoms with van der Waals surface area (Å²) < 4.78 is 19.0. The van der Waals surface area contributed by atoms with Gasteiger partial charge in [-0.05, 0) is 31.0 Å². The number of benzene rings is 1. The van der Waals surface area contributed by atoms with Crippen molar-refractivity contribution in [3.63, 3.8) is 0 Å². The van der Waals surface area contributed by atoms with E-state index in [0.717, 1.165) is 6.42 Å². The normalized spacial score (nSPS) is 32.6. The second-order valence-electron chi connectivity index (χ2n) is 5.33. The van der Waals surface area contributed by atoms with E-state index < -0.39 is 0 Å². The van der Waals surface area contributed by atoms with Crippen molar-refractivity contribution in [1.29, 1.82) is 0 Å². The molecule has 1 aliphatic carbocycles. The largest absolute Gasteiger partial charge is 0.376 e. The lowest BCUT2D eigenvalue weighted by Gasteiger charge is -2.45. The van der Waals surface area contributed by atoms with Gasteiger partial charge in [-0.1, -0.05) is 6.07 Å². The molecule has 3 rings (SSSR count). The van der Waals surface area contributed by atoms with E-state index in [4.69, 9.17) is 10.5 Å². The van der Waals surface area contributed by atoms with Crippen LogP contribution in [0.15, 0.2) is 18.2 Å². The van der Waals surface area contributed by atoms with Gasteiger partial charge in [0, 0.05) is 24.1 Å². The van der Waals surface area contributed by atoms with Gasteiger partial charge in [-0.25, -0.2) is 4.39 Å². The van der Waals surface area contributed by atoms with Crippen molar-refractivity contribution in [2.45, 2.75) is 31.5 Å². The molecule has 1 aromatic rings. The van der Waals surface area contributed by atoms with E-state index in [1.807, 2.05) is 0 Å². The summed E-state index contributed by atoms with van der Waals surface area (Å²) in [6, 6.07) is 4.24. The van der Waals surface area contributed by atoms with Crippen LogP contribution >= 0.6 is 0 Å². The molecule has 102 valence electrons. The Hall–Kier alpha value is -1.46. The maximum absolute atomic E-state index is 13.4. The van der Waals surface area contributed by atoms with E-state index >= 15 is 0 Å². The molecule has 1 saturated carbocycles. The van der Waals surface area contributed by atoms with Gasteiger partial charge in [-0.2, -0.15) is 0 Å². The van der Waals surface area contributed by atoms with Crippen LogP contribution in [0.2, 0.25) is 0 Å². The zero-order valence-electron chi connectivity index (χ0n) is 10.7. The fourth-order valence-electron chi connectivity index (χ4n) is 2.90. The van der Waals surface area contributed by atoms with Crippen molar-refractivity contribution >= 4 is 5.91 Å². The highest BCUT2D eigenvalue weighted by molar-refractivity contribution is 5.94. The molecule has 4 atom stereocenters. The lowest BCUT2D eigenvalue weighted by molar-refractivity contribution is -0.0161. The maximum atomic E-state index is 13.4. The lowest BCUT2D eigenvalue weighted by Crippen LogP contribution is -2.68. The topological polar surface area (TPSA) is 64.4 Å². The molecule has 1 aromatic carbocycles. The average molecular weight is 264 g/mol. The van der Waals surface area contributed by atoms with Crippen molar-refractivity contribution < 1.29 is 13.9 Å². The highest BCUT2D eigenvalue weighted by atomic mass is 19.1. The van der Waals surface area contributed by atoms with Gasteiger partial charge < -0.3 is 15.8 Å².